The third kappa shape index (κ3) is 5.25. The SMILES string of the molecule is Cc1c(-c2ccc(Cl)cc2)n(Cc2ccc(OCCO)cc2)c2ccc(OCc3ccccc3)cc12. The van der Waals surface area contributed by atoms with E-state index in [4.69, 9.17) is 26.2 Å². The number of ether oxygens (including phenoxy) is 2. The molecular formula is C31H28ClNO3. The fraction of sp³-hybridized carbons (Fsp3) is 0.161. The minimum atomic E-state index is -0.00210. The molecule has 4 aromatic carbocycles. The summed E-state index contributed by atoms with van der Waals surface area (Å²) in [5, 5.41) is 10.9. The van der Waals surface area contributed by atoms with Crippen LogP contribution in [0.4, 0.5) is 0 Å². The molecule has 0 aliphatic heterocycles. The standard InChI is InChI=1S/C31H28ClNO3/c1-22-29-19-28(36-21-24-5-3-2-4-6-24)15-16-30(29)33(31(22)25-9-11-26(32)12-10-25)20-23-7-13-27(14-8-23)35-18-17-34/h2-16,19,34H,17-18,20-21H2,1H3. The lowest BCUT2D eigenvalue weighted by molar-refractivity contribution is 0.201. The van der Waals surface area contributed by atoms with Gasteiger partial charge < -0.3 is 19.1 Å². The molecule has 0 saturated heterocycles. The highest BCUT2D eigenvalue weighted by Crippen LogP contribution is 2.36. The van der Waals surface area contributed by atoms with Crippen LogP contribution in [0.25, 0.3) is 22.2 Å². The van der Waals surface area contributed by atoms with Crippen molar-refractivity contribution in [2.45, 2.75) is 20.1 Å². The molecule has 0 unspecified atom stereocenters. The van der Waals surface area contributed by atoms with E-state index in [1.807, 2.05) is 48.5 Å². The molecule has 0 saturated carbocycles. The Morgan fingerprint density at radius 2 is 1.50 bits per heavy atom. The number of nitrogens with zero attached hydrogens (tertiary/aromatic N) is 1. The lowest BCUT2D eigenvalue weighted by atomic mass is 10.1. The van der Waals surface area contributed by atoms with Crippen LogP contribution in [0, 0.1) is 6.92 Å². The number of aliphatic hydroxyl groups is 1. The van der Waals surface area contributed by atoms with Crippen molar-refractivity contribution in [1.29, 1.82) is 0 Å². The zero-order valence-corrected chi connectivity index (χ0v) is 20.9. The second kappa shape index (κ2) is 10.9. The number of aliphatic hydroxyl groups excluding tert-OH is 1. The number of aromatic nitrogens is 1. The fourth-order valence-electron chi connectivity index (χ4n) is 4.51. The summed E-state index contributed by atoms with van der Waals surface area (Å²) >= 11 is 6.19. The molecule has 1 N–H and O–H groups in total. The normalized spacial score (nSPS) is 11.1. The first-order valence-corrected chi connectivity index (χ1v) is 12.4. The lowest BCUT2D eigenvalue weighted by Gasteiger charge is -2.13. The average molecular weight is 498 g/mol. The Morgan fingerprint density at radius 1 is 0.778 bits per heavy atom. The zero-order valence-electron chi connectivity index (χ0n) is 20.2. The van der Waals surface area contributed by atoms with Gasteiger partial charge in [-0.25, -0.2) is 0 Å². The molecule has 5 rings (SSSR count). The Labute approximate surface area is 216 Å². The molecule has 0 amide bonds. The van der Waals surface area contributed by atoms with Crippen molar-refractivity contribution >= 4 is 22.5 Å². The third-order valence-corrected chi connectivity index (χ3v) is 6.53. The number of hydrogen-bond donors (Lipinski definition) is 1. The van der Waals surface area contributed by atoms with Gasteiger partial charge >= 0.3 is 0 Å². The Kier molecular flexibility index (Phi) is 7.26. The predicted molar refractivity (Wildman–Crippen MR) is 146 cm³/mol. The van der Waals surface area contributed by atoms with Crippen LogP contribution >= 0.6 is 11.6 Å². The van der Waals surface area contributed by atoms with E-state index in [-0.39, 0.29) is 13.2 Å². The number of fused-ring (bicyclic) bond motifs is 1. The number of rotatable bonds is 9. The minimum Gasteiger partial charge on any atom is -0.491 e. The summed E-state index contributed by atoms with van der Waals surface area (Å²) in [5.41, 5.74) is 6.90. The largest absolute Gasteiger partial charge is 0.491 e. The molecule has 36 heavy (non-hydrogen) atoms. The minimum absolute atomic E-state index is 0.00210. The van der Waals surface area contributed by atoms with Crippen LogP contribution in [0.15, 0.2) is 97.1 Å². The van der Waals surface area contributed by atoms with Gasteiger partial charge in [-0.05, 0) is 71.6 Å². The van der Waals surface area contributed by atoms with Gasteiger partial charge in [0.25, 0.3) is 0 Å². The van der Waals surface area contributed by atoms with Crippen LogP contribution in [0.3, 0.4) is 0 Å². The molecule has 5 aromatic rings. The van der Waals surface area contributed by atoms with Gasteiger partial charge in [0.15, 0.2) is 0 Å². The van der Waals surface area contributed by atoms with Gasteiger partial charge in [-0.1, -0.05) is 66.2 Å². The van der Waals surface area contributed by atoms with Crippen LogP contribution in [0.1, 0.15) is 16.7 Å². The maximum absolute atomic E-state index is 9.00. The Morgan fingerprint density at radius 3 is 2.22 bits per heavy atom. The molecule has 0 fully saturated rings. The van der Waals surface area contributed by atoms with Crippen molar-refractivity contribution in [2.24, 2.45) is 0 Å². The van der Waals surface area contributed by atoms with Crippen molar-refractivity contribution in [3.63, 3.8) is 0 Å². The maximum atomic E-state index is 9.00. The Bertz CT molecular complexity index is 1440. The van der Waals surface area contributed by atoms with E-state index in [1.165, 1.54) is 5.56 Å². The van der Waals surface area contributed by atoms with Crippen LogP contribution in [-0.2, 0) is 13.2 Å². The van der Waals surface area contributed by atoms with Crippen molar-refractivity contribution in [3.8, 4) is 22.8 Å². The van der Waals surface area contributed by atoms with Gasteiger partial charge in [0.2, 0.25) is 0 Å². The Balaban J connectivity index is 1.52. The van der Waals surface area contributed by atoms with Crippen LogP contribution < -0.4 is 9.47 Å². The summed E-state index contributed by atoms with van der Waals surface area (Å²) in [6.45, 7) is 3.68. The van der Waals surface area contributed by atoms with E-state index in [1.54, 1.807) is 0 Å². The van der Waals surface area contributed by atoms with E-state index in [0.29, 0.717) is 18.2 Å². The Hall–Kier alpha value is -3.73. The molecule has 4 nitrogen and oxygen atoms in total. The molecule has 0 spiro atoms. The van der Waals surface area contributed by atoms with E-state index >= 15 is 0 Å². The van der Waals surface area contributed by atoms with Gasteiger partial charge in [-0.15, -0.1) is 0 Å². The van der Waals surface area contributed by atoms with E-state index in [0.717, 1.165) is 44.8 Å². The molecular weight excluding hydrogens is 470 g/mol. The summed E-state index contributed by atoms with van der Waals surface area (Å²) in [5.74, 6) is 1.60. The van der Waals surface area contributed by atoms with Gasteiger partial charge in [0.1, 0.15) is 24.7 Å². The molecule has 5 heteroatoms. The van der Waals surface area contributed by atoms with Crippen LogP contribution in [0.5, 0.6) is 11.5 Å². The average Bonchev–Trinajstić information content (AvgIpc) is 3.18. The molecule has 0 bridgehead atoms. The second-order valence-electron chi connectivity index (χ2n) is 8.74. The van der Waals surface area contributed by atoms with Gasteiger partial charge in [-0.2, -0.15) is 0 Å². The zero-order chi connectivity index (χ0) is 24.9. The van der Waals surface area contributed by atoms with E-state index in [9.17, 15) is 0 Å². The number of aryl methyl sites for hydroxylation is 1. The summed E-state index contributed by atoms with van der Waals surface area (Å²) in [4.78, 5) is 0. The predicted octanol–water partition coefficient (Wildman–Crippen LogP) is 7.27. The first kappa shape index (κ1) is 24.0. The summed E-state index contributed by atoms with van der Waals surface area (Å²) in [6, 6.07) is 32.5. The summed E-state index contributed by atoms with van der Waals surface area (Å²) < 4.78 is 14.0. The first-order chi connectivity index (χ1) is 17.6. The molecule has 1 aromatic heterocycles. The second-order valence-corrected chi connectivity index (χ2v) is 9.17. The quantitative estimate of drug-likeness (QED) is 0.233. The topological polar surface area (TPSA) is 43.6 Å². The van der Waals surface area contributed by atoms with Crippen molar-refractivity contribution < 1.29 is 14.6 Å². The smallest absolute Gasteiger partial charge is 0.120 e. The molecule has 182 valence electrons. The van der Waals surface area contributed by atoms with E-state index in [2.05, 4.69) is 60.0 Å². The molecule has 1 heterocycles. The van der Waals surface area contributed by atoms with Crippen molar-refractivity contribution in [1.82, 2.24) is 4.57 Å². The number of hydrogen-bond acceptors (Lipinski definition) is 3. The van der Waals surface area contributed by atoms with Gasteiger partial charge in [0, 0.05) is 22.5 Å². The van der Waals surface area contributed by atoms with Crippen molar-refractivity contribution in [3.05, 3.63) is 119 Å². The number of halogens is 1. The fourth-order valence-corrected chi connectivity index (χ4v) is 4.64. The maximum Gasteiger partial charge on any atom is 0.120 e. The van der Waals surface area contributed by atoms with Gasteiger partial charge in [-0.3, -0.25) is 0 Å². The highest BCUT2D eigenvalue weighted by molar-refractivity contribution is 6.30. The van der Waals surface area contributed by atoms with E-state index < -0.39 is 0 Å². The summed E-state index contributed by atoms with van der Waals surface area (Å²) in [6.07, 6.45) is 0. The highest BCUT2D eigenvalue weighted by Gasteiger charge is 2.17. The van der Waals surface area contributed by atoms with Crippen molar-refractivity contribution in [2.75, 3.05) is 13.2 Å². The highest BCUT2D eigenvalue weighted by atomic mass is 35.5. The molecule has 0 atom stereocenters. The van der Waals surface area contributed by atoms with Crippen LogP contribution in [-0.4, -0.2) is 22.9 Å². The first-order valence-electron chi connectivity index (χ1n) is 12.0. The van der Waals surface area contributed by atoms with Gasteiger partial charge in [0.05, 0.1) is 12.3 Å². The summed E-state index contributed by atoms with van der Waals surface area (Å²) in [7, 11) is 0. The monoisotopic (exact) mass is 497 g/mol. The molecule has 0 aliphatic rings. The third-order valence-electron chi connectivity index (χ3n) is 6.28. The number of benzene rings is 4. The molecule has 0 radical (unpaired) electrons. The molecule has 0 aliphatic carbocycles. The lowest BCUT2D eigenvalue weighted by Crippen LogP contribution is -2.04. The van der Waals surface area contributed by atoms with Crippen LogP contribution in [0.2, 0.25) is 5.02 Å².